The molecule has 3 aromatic rings. The van der Waals surface area contributed by atoms with Crippen molar-refractivity contribution in [3.63, 3.8) is 0 Å². The number of urea groups is 1. The maximum absolute atomic E-state index is 12.8. The van der Waals surface area contributed by atoms with Crippen molar-refractivity contribution >= 4 is 11.7 Å². The second kappa shape index (κ2) is 14.8. The minimum atomic E-state index is -0.418. The molecule has 0 aliphatic carbocycles. The number of piperidine rings is 1. The van der Waals surface area contributed by atoms with Crippen LogP contribution in [0.15, 0.2) is 84.9 Å². The lowest BCUT2D eigenvalue weighted by Gasteiger charge is -2.34. The lowest BCUT2D eigenvalue weighted by molar-refractivity contribution is 0.0593. The molecular formula is C32H43N5O2. The Morgan fingerprint density at radius 3 is 2.26 bits per heavy atom. The summed E-state index contributed by atoms with van der Waals surface area (Å²) in [6.07, 6.45) is 1.32. The first-order valence-electron chi connectivity index (χ1n) is 14.0. The van der Waals surface area contributed by atoms with Gasteiger partial charge in [0, 0.05) is 57.4 Å². The zero-order chi connectivity index (χ0) is 27.5. The van der Waals surface area contributed by atoms with Crippen LogP contribution in [0.5, 0.6) is 0 Å². The van der Waals surface area contributed by atoms with E-state index in [4.69, 9.17) is 0 Å². The average molecular weight is 530 g/mol. The second-order valence-electron chi connectivity index (χ2n) is 10.8. The lowest BCUT2D eigenvalue weighted by Crippen LogP contribution is -2.49. The number of aliphatic hydroxyl groups is 1. The average Bonchev–Trinajstić information content (AvgIpc) is 2.94. The molecule has 0 bridgehead atoms. The molecule has 7 nitrogen and oxygen atoms in total. The molecule has 1 fully saturated rings. The fourth-order valence-electron chi connectivity index (χ4n) is 5.14. The number of hydrogen-bond donors (Lipinski definition) is 3. The highest BCUT2D eigenvalue weighted by atomic mass is 16.3. The third-order valence-corrected chi connectivity index (χ3v) is 7.23. The Hall–Kier alpha value is -3.23. The SMILES string of the molecule is CN(C)CCN(Cc1ccccc1)CC(O)CN1CCC(NC(=O)Nc2ccccc2-c2ccccc2)CC1. The summed E-state index contributed by atoms with van der Waals surface area (Å²) in [5, 5.41) is 17.1. The van der Waals surface area contributed by atoms with Crippen molar-refractivity contribution in [3.8, 4) is 11.1 Å². The van der Waals surface area contributed by atoms with Crippen LogP contribution in [0.3, 0.4) is 0 Å². The number of likely N-dealkylation sites (tertiary alicyclic amines) is 1. The number of para-hydroxylation sites is 1. The Kier molecular flexibility index (Phi) is 10.9. The number of nitrogens with zero attached hydrogens (tertiary/aromatic N) is 3. The summed E-state index contributed by atoms with van der Waals surface area (Å²) in [6, 6.07) is 28.4. The number of rotatable bonds is 12. The Labute approximate surface area is 233 Å². The number of β-amino-alcohol motifs (C(OH)–C–C–N with tert-alkyl or cyclic N) is 1. The smallest absolute Gasteiger partial charge is 0.319 e. The molecule has 0 saturated carbocycles. The summed E-state index contributed by atoms with van der Waals surface area (Å²) >= 11 is 0. The molecule has 1 aliphatic heterocycles. The van der Waals surface area contributed by atoms with Gasteiger partial charge in [0.05, 0.1) is 11.8 Å². The molecule has 39 heavy (non-hydrogen) atoms. The fraction of sp³-hybridized carbons (Fsp3) is 0.406. The number of anilines is 1. The Morgan fingerprint density at radius 1 is 0.923 bits per heavy atom. The number of carbonyl (C=O) groups is 1. The molecule has 3 aromatic carbocycles. The van der Waals surface area contributed by atoms with Crippen molar-refractivity contribution in [2.75, 3.05) is 58.7 Å². The highest BCUT2D eigenvalue weighted by Gasteiger charge is 2.23. The summed E-state index contributed by atoms with van der Waals surface area (Å²) in [5.74, 6) is 0. The molecule has 4 rings (SSSR count). The fourth-order valence-corrected chi connectivity index (χ4v) is 5.14. The van der Waals surface area contributed by atoms with Crippen molar-refractivity contribution in [1.29, 1.82) is 0 Å². The number of carbonyl (C=O) groups excluding carboxylic acids is 1. The standard InChI is InChI=1S/C32H43N5O2/c1-35(2)21-22-37(23-26-11-5-3-6-12-26)25-29(38)24-36-19-17-28(18-20-36)33-32(39)34-31-16-10-9-15-30(31)27-13-7-4-8-14-27/h3-16,28-29,38H,17-25H2,1-2H3,(H2,33,34,39). The molecule has 1 heterocycles. The predicted octanol–water partition coefficient (Wildman–Crippen LogP) is 4.36. The number of amides is 2. The first-order chi connectivity index (χ1) is 19.0. The Bertz CT molecular complexity index is 1130. The largest absolute Gasteiger partial charge is 0.390 e. The number of likely N-dealkylation sites (N-methyl/N-ethyl adjacent to an activating group) is 1. The number of nitrogens with one attached hydrogen (secondary N) is 2. The normalized spacial score (nSPS) is 15.4. The van der Waals surface area contributed by atoms with Crippen molar-refractivity contribution in [3.05, 3.63) is 90.5 Å². The first-order valence-corrected chi connectivity index (χ1v) is 14.0. The second-order valence-corrected chi connectivity index (χ2v) is 10.8. The van der Waals surface area contributed by atoms with E-state index in [0.29, 0.717) is 13.1 Å². The van der Waals surface area contributed by atoms with Crippen LogP contribution in [0.2, 0.25) is 0 Å². The van der Waals surface area contributed by atoms with Gasteiger partial charge in [-0.3, -0.25) is 4.90 Å². The molecule has 7 heteroatoms. The number of hydrogen-bond acceptors (Lipinski definition) is 5. The molecule has 2 amide bonds. The van der Waals surface area contributed by atoms with Gasteiger partial charge in [0.1, 0.15) is 0 Å². The zero-order valence-electron chi connectivity index (χ0n) is 23.3. The van der Waals surface area contributed by atoms with E-state index >= 15 is 0 Å². The molecule has 1 saturated heterocycles. The Morgan fingerprint density at radius 2 is 1.56 bits per heavy atom. The van der Waals surface area contributed by atoms with Crippen LogP contribution in [0, 0.1) is 0 Å². The van der Waals surface area contributed by atoms with E-state index in [1.165, 1.54) is 5.56 Å². The monoisotopic (exact) mass is 529 g/mol. The zero-order valence-corrected chi connectivity index (χ0v) is 23.3. The number of aliphatic hydroxyl groups excluding tert-OH is 1. The van der Waals surface area contributed by atoms with Crippen molar-refractivity contribution in [1.82, 2.24) is 20.0 Å². The number of benzene rings is 3. The summed E-state index contributed by atoms with van der Waals surface area (Å²) in [7, 11) is 4.16. The minimum absolute atomic E-state index is 0.122. The van der Waals surface area contributed by atoms with Crippen LogP contribution in [0.1, 0.15) is 18.4 Å². The van der Waals surface area contributed by atoms with Gasteiger partial charge in [-0.1, -0.05) is 78.9 Å². The van der Waals surface area contributed by atoms with Gasteiger partial charge in [0.25, 0.3) is 0 Å². The lowest BCUT2D eigenvalue weighted by atomic mass is 10.0. The molecule has 0 aromatic heterocycles. The molecule has 3 N–H and O–H groups in total. The molecule has 1 unspecified atom stereocenters. The van der Waals surface area contributed by atoms with Crippen molar-refractivity contribution in [2.45, 2.75) is 31.5 Å². The highest BCUT2D eigenvalue weighted by molar-refractivity contribution is 5.94. The predicted molar refractivity (Wildman–Crippen MR) is 160 cm³/mol. The third kappa shape index (κ3) is 9.48. The van der Waals surface area contributed by atoms with Crippen LogP contribution in [-0.4, -0.2) is 91.3 Å². The van der Waals surface area contributed by atoms with Crippen molar-refractivity contribution < 1.29 is 9.90 Å². The van der Waals surface area contributed by atoms with E-state index in [0.717, 1.165) is 62.4 Å². The third-order valence-electron chi connectivity index (χ3n) is 7.23. The summed E-state index contributed by atoms with van der Waals surface area (Å²) in [5.41, 5.74) is 4.14. The van der Waals surface area contributed by atoms with Crippen LogP contribution in [-0.2, 0) is 6.54 Å². The first kappa shape index (κ1) is 28.8. The van der Waals surface area contributed by atoms with Crippen LogP contribution in [0.25, 0.3) is 11.1 Å². The van der Waals surface area contributed by atoms with Gasteiger partial charge in [-0.15, -0.1) is 0 Å². The van der Waals surface area contributed by atoms with E-state index < -0.39 is 6.10 Å². The highest BCUT2D eigenvalue weighted by Crippen LogP contribution is 2.27. The van der Waals surface area contributed by atoms with E-state index in [1.807, 2.05) is 60.7 Å². The van der Waals surface area contributed by atoms with Gasteiger partial charge in [0.15, 0.2) is 0 Å². The van der Waals surface area contributed by atoms with Gasteiger partial charge in [-0.25, -0.2) is 4.79 Å². The van der Waals surface area contributed by atoms with Crippen LogP contribution < -0.4 is 10.6 Å². The van der Waals surface area contributed by atoms with Gasteiger partial charge < -0.3 is 25.5 Å². The Balaban J connectivity index is 1.22. The van der Waals surface area contributed by atoms with Crippen LogP contribution in [0.4, 0.5) is 10.5 Å². The molecular weight excluding hydrogens is 486 g/mol. The van der Waals surface area contributed by atoms with Gasteiger partial charge in [0.2, 0.25) is 0 Å². The maximum atomic E-state index is 12.8. The molecule has 0 spiro atoms. The van der Waals surface area contributed by atoms with Crippen LogP contribution >= 0.6 is 0 Å². The topological polar surface area (TPSA) is 71.1 Å². The quantitative estimate of drug-likeness (QED) is 0.325. The molecule has 0 radical (unpaired) electrons. The molecule has 1 aliphatic rings. The maximum Gasteiger partial charge on any atom is 0.319 e. The van der Waals surface area contributed by atoms with Gasteiger partial charge in [-0.05, 0) is 44.1 Å². The van der Waals surface area contributed by atoms with E-state index in [1.54, 1.807) is 0 Å². The molecule has 1 atom stereocenters. The van der Waals surface area contributed by atoms with E-state index in [2.05, 4.69) is 63.7 Å². The van der Waals surface area contributed by atoms with E-state index in [9.17, 15) is 9.90 Å². The summed E-state index contributed by atoms with van der Waals surface area (Å²) < 4.78 is 0. The van der Waals surface area contributed by atoms with Gasteiger partial charge in [-0.2, -0.15) is 0 Å². The minimum Gasteiger partial charge on any atom is -0.390 e. The van der Waals surface area contributed by atoms with E-state index in [-0.39, 0.29) is 12.1 Å². The van der Waals surface area contributed by atoms with Gasteiger partial charge >= 0.3 is 6.03 Å². The summed E-state index contributed by atoms with van der Waals surface area (Å²) in [6.45, 7) is 5.71. The summed E-state index contributed by atoms with van der Waals surface area (Å²) in [4.78, 5) is 19.7. The van der Waals surface area contributed by atoms with Crippen molar-refractivity contribution in [2.24, 2.45) is 0 Å². The molecule has 208 valence electrons.